The molecule has 2 aromatic carbocycles. The van der Waals surface area contributed by atoms with Crippen molar-refractivity contribution in [3.63, 3.8) is 0 Å². The Morgan fingerprint density at radius 3 is 2.25 bits per heavy atom. The van der Waals surface area contributed by atoms with Gasteiger partial charge in [-0.25, -0.2) is 4.79 Å². The number of hydrogen-bond acceptors (Lipinski definition) is 15. The van der Waals surface area contributed by atoms with E-state index in [0.717, 1.165) is 24.2 Å². The number of rotatable bonds is 8. The number of nitrogens with zero attached hydrogens (tertiary/aromatic N) is 3. The standard InChI is InChI=1S/C37H48N6O10/c1-6-50-35-41-33-38-25-9-12-27(31(45)39-28(32(46)47-5)13-14-30(44)53-36(2,3)4)29(23-25)52-22-20-49-18-17-48-19-21-51-26-10-7-24(8-11-26)37(15-16-37)43-34(40-33)42-35/h7-12,23,28H,6,13-22H2,1-5H3,(H,39,45)(H2,38,40,41,42,43)/t28-/m0/s1. The summed E-state index contributed by atoms with van der Waals surface area (Å²) < 4.78 is 39.2. The van der Waals surface area contributed by atoms with Gasteiger partial charge in [0.25, 0.3) is 5.91 Å². The van der Waals surface area contributed by atoms with Crippen LogP contribution < -0.4 is 30.2 Å². The molecule has 286 valence electrons. The van der Waals surface area contributed by atoms with Gasteiger partial charge in [0.2, 0.25) is 11.9 Å². The molecule has 16 nitrogen and oxygen atoms in total. The number of benzene rings is 2. The first-order valence-electron chi connectivity index (χ1n) is 17.7. The van der Waals surface area contributed by atoms with E-state index in [1.807, 2.05) is 31.2 Å². The normalized spacial score (nSPS) is 16.4. The Bertz CT molecular complexity index is 1710. The molecule has 3 heterocycles. The van der Waals surface area contributed by atoms with E-state index in [1.165, 1.54) is 7.11 Å². The number of ether oxygens (including phenoxy) is 7. The first kappa shape index (κ1) is 39.0. The fraction of sp³-hybridized carbons (Fsp3) is 0.514. The average molecular weight is 737 g/mol. The van der Waals surface area contributed by atoms with Gasteiger partial charge in [-0.05, 0) is 76.8 Å². The highest BCUT2D eigenvalue weighted by atomic mass is 16.6. The quantitative estimate of drug-likeness (QED) is 0.219. The van der Waals surface area contributed by atoms with Gasteiger partial charge in [0.1, 0.15) is 36.4 Å². The second-order valence-corrected chi connectivity index (χ2v) is 13.4. The number of esters is 2. The van der Waals surface area contributed by atoms with Gasteiger partial charge in [0.15, 0.2) is 0 Å². The molecule has 3 aliphatic rings. The van der Waals surface area contributed by atoms with Crippen LogP contribution in [0.2, 0.25) is 0 Å². The number of methoxy groups -OCH3 is 1. The summed E-state index contributed by atoms with van der Waals surface area (Å²) in [4.78, 5) is 52.2. The topological polar surface area (TPSA) is 191 Å². The van der Waals surface area contributed by atoms with Crippen LogP contribution in [0, 0.1) is 0 Å². The van der Waals surface area contributed by atoms with Crippen molar-refractivity contribution >= 4 is 35.4 Å². The van der Waals surface area contributed by atoms with Gasteiger partial charge in [-0.15, -0.1) is 0 Å². The summed E-state index contributed by atoms with van der Waals surface area (Å²) in [6, 6.07) is 11.7. The van der Waals surface area contributed by atoms with Gasteiger partial charge in [0.05, 0.1) is 51.2 Å². The van der Waals surface area contributed by atoms with E-state index in [-0.39, 0.29) is 54.9 Å². The van der Waals surface area contributed by atoms with Crippen LogP contribution in [-0.2, 0) is 34.1 Å². The zero-order valence-corrected chi connectivity index (χ0v) is 30.8. The van der Waals surface area contributed by atoms with Crippen LogP contribution in [0.5, 0.6) is 17.5 Å². The molecule has 1 atom stereocenters. The number of carbonyl (C=O) groups is 3. The zero-order chi connectivity index (χ0) is 37.8. The average Bonchev–Trinajstić information content (AvgIpc) is 3.90. The number of hydrogen-bond donors (Lipinski definition) is 3. The summed E-state index contributed by atoms with van der Waals surface area (Å²) in [6.45, 7) is 9.17. The van der Waals surface area contributed by atoms with E-state index in [9.17, 15) is 14.4 Å². The third kappa shape index (κ3) is 11.6. The van der Waals surface area contributed by atoms with Gasteiger partial charge in [-0.2, -0.15) is 15.0 Å². The Morgan fingerprint density at radius 1 is 0.906 bits per heavy atom. The summed E-state index contributed by atoms with van der Waals surface area (Å²) in [5.41, 5.74) is 0.640. The fourth-order valence-corrected chi connectivity index (χ4v) is 5.43. The maximum absolute atomic E-state index is 13.6. The highest BCUT2D eigenvalue weighted by Crippen LogP contribution is 2.48. The SMILES string of the molecule is CCOc1nc2nc(n1)NC1(CC1)c1ccc(cc1)OCCOCCOCCOc1cc(ccc1C(=O)N[C@@H](CCC(=O)OC(C)(C)C)C(=O)OC)N2. The molecule has 6 bridgehead atoms. The molecule has 16 heteroatoms. The lowest BCUT2D eigenvalue weighted by Gasteiger charge is -2.21. The minimum absolute atomic E-state index is 0.0321. The summed E-state index contributed by atoms with van der Waals surface area (Å²) >= 11 is 0. The fourth-order valence-electron chi connectivity index (χ4n) is 5.43. The second-order valence-electron chi connectivity index (χ2n) is 13.4. The molecule has 1 spiro atoms. The van der Waals surface area contributed by atoms with Crippen LogP contribution in [0.1, 0.15) is 69.3 Å². The molecule has 6 rings (SSSR count). The van der Waals surface area contributed by atoms with Crippen molar-refractivity contribution in [2.45, 2.75) is 70.6 Å². The van der Waals surface area contributed by atoms with E-state index < -0.39 is 29.5 Å². The van der Waals surface area contributed by atoms with Crippen molar-refractivity contribution in [2.24, 2.45) is 0 Å². The molecule has 1 fully saturated rings. The van der Waals surface area contributed by atoms with Crippen molar-refractivity contribution in [1.29, 1.82) is 0 Å². The largest absolute Gasteiger partial charge is 0.491 e. The van der Waals surface area contributed by atoms with E-state index >= 15 is 0 Å². The van der Waals surface area contributed by atoms with E-state index in [1.54, 1.807) is 39.0 Å². The smallest absolute Gasteiger partial charge is 0.328 e. The molecule has 0 saturated heterocycles. The summed E-state index contributed by atoms with van der Waals surface area (Å²) in [5, 5.41) is 9.33. The van der Waals surface area contributed by atoms with Crippen molar-refractivity contribution in [3.8, 4) is 17.5 Å². The molecule has 0 unspecified atom stereocenters. The summed E-state index contributed by atoms with van der Waals surface area (Å²) in [7, 11) is 1.21. The van der Waals surface area contributed by atoms with Gasteiger partial charge in [-0.3, -0.25) is 9.59 Å². The highest BCUT2D eigenvalue weighted by molar-refractivity contribution is 5.99. The molecule has 2 aliphatic heterocycles. The van der Waals surface area contributed by atoms with Crippen molar-refractivity contribution in [2.75, 3.05) is 64.0 Å². The number of nitrogens with one attached hydrogen (secondary N) is 3. The predicted octanol–water partition coefficient (Wildman–Crippen LogP) is 4.31. The second kappa shape index (κ2) is 18.0. The lowest BCUT2D eigenvalue weighted by atomic mass is 10.1. The van der Waals surface area contributed by atoms with Gasteiger partial charge in [-0.1, -0.05) is 12.1 Å². The number of anilines is 3. The Balaban J connectivity index is 1.39. The molecular formula is C37H48N6O10. The molecule has 1 saturated carbocycles. The lowest BCUT2D eigenvalue weighted by Crippen LogP contribution is -2.42. The van der Waals surface area contributed by atoms with E-state index in [0.29, 0.717) is 44.7 Å². The first-order valence-corrected chi connectivity index (χ1v) is 17.7. The van der Waals surface area contributed by atoms with Gasteiger partial charge < -0.3 is 49.1 Å². The Hall–Kier alpha value is -5.22. The third-order valence-corrected chi connectivity index (χ3v) is 8.08. The highest BCUT2D eigenvalue weighted by Gasteiger charge is 2.45. The molecule has 3 aromatic rings. The van der Waals surface area contributed by atoms with Crippen molar-refractivity contribution in [1.82, 2.24) is 20.3 Å². The Morgan fingerprint density at radius 2 is 1.58 bits per heavy atom. The lowest BCUT2D eigenvalue weighted by molar-refractivity contribution is -0.155. The van der Waals surface area contributed by atoms with E-state index in [4.69, 9.17) is 33.2 Å². The third-order valence-electron chi connectivity index (χ3n) is 8.08. The zero-order valence-electron chi connectivity index (χ0n) is 30.8. The van der Waals surface area contributed by atoms with Crippen molar-refractivity contribution < 1.29 is 47.5 Å². The molecule has 1 aromatic heterocycles. The summed E-state index contributed by atoms with van der Waals surface area (Å²) in [5.74, 6) is -0.383. The maximum atomic E-state index is 13.6. The predicted molar refractivity (Wildman–Crippen MR) is 193 cm³/mol. The first-order chi connectivity index (χ1) is 25.5. The minimum atomic E-state index is -1.12. The maximum Gasteiger partial charge on any atom is 0.328 e. The number of fused-ring (bicyclic) bond motifs is 11. The van der Waals surface area contributed by atoms with Crippen LogP contribution in [0.25, 0.3) is 0 Å². The van der Waals surface area contributed by atoms with Crippen LogP contribution in [-0.4, -0.2) is 97.8 Å². The van der Waals surface area contributed by atoms with E-state index in [2.05, 4.69) is 30.9 Å². The number of aromatic nitrogens is 3. The molecule has 1 amide bonds. The molecular weight excluding hydrogens is 688 g/mol. The monoisotopic (exact) mass is 736 g/mol. The van der Waals surface area contributed by atoms with Crippen LogP contribution in [0.3, 0.4) is 0 Å². The molecule has 1 aliphatic carbocycles. The molecule has 3 N–H and O–H groups in total. The molecule has 0 radical (unpaired) electrons. The van der Waals surface area contributed by atoms with Crippen LogP contribution in [0.4, 0.5) is 17.6 Å². The number of carbonyl (C=O) groups excluding carboxylic acids is 3. The summed E-state index contributed by atoms with van der Waals surface area (Å²) in [6.07, 6.45) is 1.61. The van der Waals surface area contributed by atoms with Gasteiger partial charge in [0, 0.05) is 18.2 Å². The van der Waals surface area contributed by atoms with Crippen LogP contribution in [0.15, 0.2) is 42.5 Å². The van der Waals surface area contributed by atoms with Crippen LogP contribution >= 0.6 is 0 Å². The Kier molecular flexibility index (Phi) is 13.3. The Labute approximate surface area is 308 Å². The minimum Gasteiger partial charge on any atom is -0.491 e. The van der Waals surface area contributed by atoms with Crippen molar-refractivity contribution in [3.05, 3.63) is 53.6 Å². The number of amides is 1. The van der Waals surface area contributed by atoms with Gasteiger partial charge >= 0.3 is 17.9 Å². The molecule has 53 heavy (non-hydrogen) atoms.